The van der Waals surface area contributed by atoms with E-state index < -0.39 is 0 Å². The van der Waals surface area contributed by atoms with Crippen molar-refractivity contribution in [3.05, 3.63) is 60.6 Å². The van der Waals surface area contributed by atoms with Crippen molar-refractivity contribution in [2.24, 2.45) is 5.92 Å². The molecule has 4 heteroatoms. The molecule has 0 bridgehead atoms. The molecule has 4 nitrogen and oxygen atoms in total. The Bertz CT molecular complexity index is 645. The Hall–Kier alpha value is -2.33. The lowest BCUT2D eigenvalue weighted by Crippen LogP contribution is -2.32. The molecule has 0 spiro atoms. The molecule has 1 aliphatic rings. The molecule has 0 unspecified atom stereocenters. The predicted octanol–water partition coefficient (Wildman–Crippen LogP) is 2.61. The van der Waals surface area contributed by atoms with Crippen LogP contribution < -0.4 is 5.32 Å². The molecular weight excluding hydrogens is 266 g/mol. The Balaban J connectivity index is 1.75. The van der Waals surface area contributed by atoms with Gasteiger partial charge in [-0.2, -0.15) is 0 Å². The normalized spacial score (nSPS) is 20.6. The zero-order chi connectivity index (χ0) is 14.7. The summed E-state index contributed by atoms with van der Waals surface area (Å²) in [6.07, 6.45) is 6.11. The maximum atomic E-state index is 12.3. The van der Waals surface area contributed by atoms with Crippen LogP contribution in [0.5, 0.6) is 0 Å². The third kappa shape index (κ3) is 2.90. The first-order valence-electron chi connectivity index (χ1n) is 7.01. The molecule has 0 saturated heterocycles. The van der Waals surface area contributed by atoms with Crippen molar-refractivity contribution >= 4 is 5.91 Å². The lowest BCUT2D eigenvalue weighted by molar-refractivity contribution is 0.0914. The molecule has 1 amide bonds. The van der Waals surface area contributed by atoms with Crippen LogP contribution in [0.1, 0.15) is 17.0 Å². The molecule has 2 aromatic rings. The molecule has 21 heavy (non-hydrogen) atoms. The van der Waals surface area contributed by atoms with Crippen molar-refractivity contribution in [2.45, 2.75) is 12.5 Å². The number of carbonyl (C=O) groups excluding carboxylic acids is 1. The standard InChI is InChI=1S/C17H17NO3/c19-11-12-6-7-14(10-12)18-17(20)16-15(8-9-21-16)13-4-2-1-3-5-13/h1-9,12,14,19H,10-11H2,(H,18,20)/t12-,14+/m0/s1. The van der Waals surface area contributed by atoms with Crippen LogP contribution in [0, 0.1) is 5.92 Å². The third-order valence-electron chi connectivity index (χ3n) is 3.68. The zero-order valence-corrected chi connectivity index (χ0v) is 11.5. The van der Waals surface area contributed by atoms with E-state index in [0.717, 1.165) is 17.5 Å². The Morgan fingerprint density at radius 1 is 1.24 bits per heavy atom. The number of hydrogen-bond acceptors (Lipinski definition) is 3. The Kier molecular flexibility index (Phi) is 3.88. The average Bonchev–Trinajstić information content (AvgIpc) is 3.17. The molecule has 0 aliphatic heterocycles. The number of hydrogen-bond donors (Lipinski definition) is 2. The van der Waals surface area contributed by atoms with Crippen LogP contribution in [0.25, 0.3) is 11.1 Å². The number of nitrogens with one attached hydrogen (secondary N) is 1. The molecule has 0 radical (unpaired) electrons. The number of aliphatic hydroxyl groups excluding tert-OH is 1. The number of amides is 1. The fourth-order valence-corrected chi connectivity index (χ4v) is 2.58. The van der Waals surface area contributed by atoms with Crippen LogP contribution in [-0.2, 0) is 0 Å². The Morgan fingerprint density at radius 3 is 2.76 bits per heavy atom. The fraction of sp³-hybridized carbons (Fsp3) is 0.235. The van der Waals surface area contributed by atoms with Crippen molar-refractivity contribution in [1.29, 1.82) is 0 Å². The van der Waals surface area contributed by atoms with Crippen LogP contribution in [0.2, 0.25) is 0 Å². The molecule has 0 fully saturated rings. The molecule has 1 heterocycles. The molecule has 1 aromatic heterocycles. The van der Waals surface area contributed by atoms with Gasteiger partial charge in [-0.3, -0.25) is 4.79 Å². The molecule has 0 saturated carbocycles. The highest BCUT2D eigenvalue weighted by molar-refractivity contribution is 5.98. The van der Waals surface area contributed by atoms with Crippen LogP contribution in [0.4, 0.5) is 0 Å². The second-order valence-electron chi connectivity index (χ2n) is 5.17. The van der Waals surface area contributed by atoms with Crippen LogP contribution in [0.3, 0.4) is 0 Å². The minimum atomic E-state index is -0.230. The van der Waals surface area contributed by atoms with Gasteiger partial charge in [0.05, 0.1) is 6.26 Å². The minimum Gasteiger partial charge on any atom is -0.459 e. The summed E-state index contributed by atoms with van der Waals surface area (Å²) in [6.45, 7) is 0.110. The summed E-state index contributed by atoms with van der Waals surface area (Å²) in [5, 5.41) is 12.0. The maximum Gasteiger partial charge on any atom is 0.288 e. The molecule has 2 N–H and O–H groups in total. The summed E-state index contributed by atoms with van der Waals surface area (Å²) in [5.41, 5.74) is 1.74. The number of furan rings is 1. The highest BCUT2D eigenvalue weighted by atomic mass is 16.3. The summed E-state index contributed by atoms with van der Waals surface area (Å²) >= 11 is 0. The van der Waals surface area contributed by atoms with E-state index in [-0.39, 0.29) is 24.5 Å². The number of carbonyl (C=O) groups is 1. The summed E-state index contributed by atoms with van der Waals surface area (Å²) in [4.78, 5) is 12.3. The average molecular weight is 283 g/mol. The number of rotatable bonds is 4. The second kappa shape index (κ2) is 5.97. The monoisotopic (exact) mass is 283 g/mol. The summed E-state index contributed by atoms with van der Waals surface area (Å²) in [5.74, 6) is 0.217. The minimum absolute atomic E-state index is 0.0524. The van der Waals surface area contributed by atoms with E-state index in [4.69, 9.17) is 9.52 Å². The molecule has 1 aromatic carbocycles. The Labute approximate surface area is 123 Å². The van der Waals surface area contributed by atoms with E-state index in [9.17, 15) is 4.79 Å². The summed E-state index contributed by atoms with van der Waals surface area (Å²) in [7, 11) is 0. The zero-order valence-electron chi connectivity index (χ0n) is 11.5. The SMILES string of the molecule is O=C(N[C@@H]1C=C[C@H](CO)C1)c1occc1-c1ccccc1. The van der Waals surface area contributed by atoms with Crippen LogP contribution in [-0.4, -0.2) is 23.7 Å². The molecule has 3 rings (SSSR count). The molecule has 2 atom stereocenters. The quantitative estimate of drug-likeness (QED) is 0.848. The summed E-state index contributed by atoms with van der Waals surface area (Å²) in [6, 6.07) is 11.4. The van der Waals surface area contributed by atoms with E-state index in [0.29, 0.717) is 5.76 Å². The first kappa shape index (κ1) is 13.6. The van der Waals surface area contributed by atoms with Gasteiger partial charge in [-0.1, -0.05) is 42.5 Å². The van der Waals surface area contributed by atoms with Crippen molar-refractivity contribution in [3.63, 3.8) is 0 Å². The fourth-order valence-electron chi connectivity index (χ4n) is 2.58. The second-order valence-corrected chi connectivity index (χ2v) is 5.17. The van der Waals surface area contributed by atoms with Gasteiger partial charge >= 0.3 is 0 Å². The lowest BCUT2D eigenvalue weighted by atomic mass is 10.1. The maximum absolute atomic E-state index is 12.3. The van der Waals surface area contributed by atoms with Gasteiger partial charge in [0.15, 0.2) is 5.76 Å². The van der Waals surface area contributed by atoms with Gasteiger partial charge in [-0.05, 0) is 18.1 Å². The largest absolute Gasteiger partial charge is 0.459 e. The highest BCUT2D eigenvalue weighted by Gasteiger charge is 2.23. The van der Waals surface area contributed by atoms with E-state index in [1.165, 1.54) is 6.26 Å². The van der Waals surface area contributed by atoms with Crippen molar-refractivity contribution < 1.29 is 14.3 Å². The van der Waals surface area contributed by atoms with Gasteiger partial charge in [0, 0.05) is 24.1 Å². The van der Waals surface area contributed by atoms with E-state index in [2.05, 4.69) is 5.32 Å². The predicted molar refractivity (Wildman–Crippen MR) is 79.7 cm³/mol. The smallest absolute Gasteiger partial charge is 0.288 e. The van der Waals surface area contributed by atoms with Crippen LogP contribution >= 0.6 is 0 Å². The van der Waals surface area contributed by atoms with E-state index >= 15 is 0 Å². The van der Waals surface area contributed by atoms with Crippen molar-refractivity contribution in [2.75, 3.05) is 6.61 Å². The first-order chi connectivity index (χ1) is 10.3. The van der Waals surface area contributed by atoms with Gasteiger partial charge in [-0.15, -0.1) is 0 Å². The van der Waals surface area contributed by atoms with Gasteiger partial charge in [0.25, 0.3) is 5.91 Å². The molecule has 1 aliphatic carbocycles. The van der Waals surface area contributed by atoms with Gasteiger partial charge in [0.2, 0.25) is 0 Å². The highest BCUT2D eigenvalue weighted by Crippen LogP contribution is 2.25. The molecule has 108 valence electrons. The number of benzene rings is 1. The molecular formula is C17H17NO3. The van der Waals surface area contributed by atoms with Crippen molar-refractivity contribution in [1.82, 2.24) is 5.32 Å². The van der Waals surface area contributed by atoms with Gasteiger partial charge < -0.3 is 14.8 Å². The summed E-state index contributed by atoms with van der Waals surface area (Å²) < 4.78 is 5.36. The van der Waals surface area contributed by atoms with Gasteiger partial charge in [0.1, 0.15) is 0 Å². The van der Waals surface area contributed by atoms with E-state index in [1.807, 2.05) is 42.5 Å². The Morgan fingerprint density at radius 2 is 2.05 bits per heavy atom. The van der Waals surface area contributed by atoms with Crippen molar-refractivity contribution in [3.8, 4) is 11.1 Å². The topological polar surface area (TPSA) is 62.5 Å². The van der Waals surface area contributed by atoms with Gasteiger partial charge in [-0.25, -0.2) is 0 Å². The van der Waals surface area contributed by atoms with E-state index in [1.54, 1.807) is 6.07 Å². The van der Waals surface area contributed by atoms with Crippen LogP contribution in [0.15, 0.2) is 59.2 Å². The third-order valence-corrected chi connectivity index (χ3v) is 3.68. The first-order valence-corrected chi connectivity index (χ1v) is 7.01. The number of aliphatic hydroxyl groups is 1. The lowest BCUT2D eigenvalue weighted by Gasteiger charge is -2.12.